The van der Waals surface area contributed by atoms with Crippen LogP contribution in [-0.4, -0.2) is 24.5 Å². The summed E-state index contributed by atoms with van der Waals surface area (Å²) in [6, 6.07) is 15.0. The van der Waals surface area contributed by atoms with Gasteiger partial charge in [0.2, 0.25) is 0 Å². The first-order valence-corrected chi connectivity index (χ1v) is 7.37. The molecule has 3 nitrogen and oxygen atoms in total. The number of rotatable bonds is 8. The lowest BCUT2D eigenvalue weighted by Crippen LogP contribution is -2.35. The number of nitrogens with zero attached hydrogens (tertiary/aromatic N) is 1. The zero-order chi connectivity index (χ0) is 14.2. The fraction of sp³-hybridized carbons (Fsp3) is 0.412. The van der Waals surface area contributed by atoms with Crippen LogP contribution in [0.3, 0.4) is 0 Å². The first-order valence-electron chi connectivity index (χ1n) is 7.37. The van der Waals surface area contributed by atoms with E-state index in [4.69, 9.17) is 4.42 Å². The summed E-state index contributed by atoms with van der Waals surface area (Å²) >= 11 is 0. The number of hydrogen-bond donors (Lipinski definition) is 1. The molecule has 0 spiro atoms. The molecule has 0 amide bonds. The third kappa shape index (κ3) is 3.95. The molecule has 0 fully saturated rings. The molecule has 2 rings (SSSR count). The third-order valence-corrected chi connectivity index (χ3v) is 3.65. The lowest BCUT2D eigenvalue weighted by Gasteiger charge is -2.30. The molecule has 0 saturated carbocycles. The van der Waals surface area contributed by atoms with E-state index in [-0.39, 0.29) is 0 Å². The highest BCUT2D eigenvalue weighted by atomic mass is 16.3. The molecule has 2 aromatic rings. The SMILES string of the molecule is CCN(CC)C(CNCc1ccco1)c1ccccc1. The van der Waals surface area contributed by atoms with E-state index in [9.17, 15) is 0 Å². The van der Waals surface area contributed by atoms with Crippen LogP contribution in [0.2, 0.25) is 0 Å². The second-order valence-corrected chi connectivity index (χ2v) is 4.86. The summed E-state index contributed by atoms with van der Waals surface area (Å²) in [6.07, 6.45) is 1.72. The van der Waals surface area contributed by atoms with Crippen molar-refractivity contribution in [2.45, 2.75) is 26.4 Å². The highest BCUT2D eigenvalue weighted by Crippen LogP contribution is 2.19. The smallest absolute Gasteiger partial charge is 0.117 e. The average molecular weight is 272 g/mol. The first-order chi connectivity index (χ1) is 9.85. The molecule has 0 radical (unpaired) electrons. The van der Waals surface area contributed by atoms with Crippen LogP contribution in [-0.2, 0) is 6.54 Å². The summed E-state index contributed by atoms with van der Waals surface area (Å²) in [5, 5.41) is 3.50. The Balaban J connectivity index is 1.99. The Morgan fingerprint density at radius 1 is 1.05 bits per heavy atom. The molecule has 0 bridgehead atoms. The number of hydrogen-bond acceptors (Lipinski definition) is 3. The molecule has 1 N–H and O–H groups in total. The maximum Gasteiger partial charge on any atom is 0.117 e. The summed E-state index contributed by atoms with van der Waals surface area (Å²) in [4.78, 5) is 2.48. The van der Waals surface area contributed by atoms with Crippen molar-refractivity contribution >= 4 is 0 Å². The maximum atomic E-state index is 5.36. The van der Waals surface area contributed by atoms with Gasteiger partial charge in [-0.2, -0.15) is 0 Å². The van der Waals surface area contributed by atoms with Crippen molar-refractivity contribution in [2.75, 3.05) is 19.6 Å². The zero-order valence-corrected chi connectivity index (χ0v) is 12.4. The molecule has 0 aliphatic rings. The van der Waals surface area contributed by atoms with Crippen LogP contribution in [0.15, 0.2) is 53.1 Å². The van der Waals surface area contributed by atoms with Crippen molar-refractivity contribution in [3.63, 3.8) is 0 Å². The minimum Gasteiger partial charge on any atom is -0.468 e. The Labute approximate surface area is 121 Å². The molecule has 20 heavy (non-hydrogen) atoms. The van der Waals surface area contributed by atoms with Gasteiger partial charge in [-0.15, -0.1) is 0 Å². The fourth-order valence-electron chi connectivity index (χ4n) is 2.54. The van der Waals surface area contributed by atoms with Gasteiger partial charge in [-0.1, -0.05) is 44.2 Å². The first kappa shape index (κ1) is 14.8. The lowest BCUT2D eigenvalue weighted by molar-refractivity contribution is 0.212. The molecule has 0 aliphatic heterocycles. The molecule has 1 aromatic heterocycles. The van der Waals surface area contributed by atoms with E-state index < -0.39 is 0 Å². The molecule has 1 unspecified atom stereocenters. The second kappa shape index (κ2) is 7.88. The Hall–Kier alpha value is -1.58. The third-order valence-electron chi connectivity index (χ3n) is 3.65. The van der Waals surface area contributed by atoms with Crippen molar-refractivity contribution in [3.05, 3.63) is 60.1 Å². The van der Waals surface area contributed by atoms with Crippen molar-refractivity contribution in [2.24, 2.45) is 0 Å². The summed E-state index contributed by atoms with van der Waals surface area (Å²) in [6.45, 7) is 8.24. The number of likely N-dealkylation sites (N-methyl/N-ethyl adjacent to an activating group) is 1. The molecule has 3 heteroatoms. The molecule has 0 saturated heterocycles. The monoisotopic (exact) mass is 272 g/mol. The van der Waals surface area contributed by atoms with E-state index in [0.717, 1.165) is 31.9 Å². The molecule has 108 valence electrons. The summed E-state index contributed by atoms with van der Waals surface area (Å²) in [7, 11) is 0. The zero-order valence-electron chi connectivity index (χ0n) is 12.4. The topological polar surface area (TPSA) is 28.4 Å². The van der Waals surface area contributed by atoms with Crippen LogP contribution in [0.25, 0.3) is 0 Å². The van der Waals surface area contributed by atoms with E-state index >= 15 is 0 Å². The number of nitrogens with one attached hydrogen (secondary N) is 1. The summed E-state index contributed by atoms with van der Waals surface area (Å²) < 4.78 is 5.36. The minimum atomic E-state index is 0.404. The van der Waals surface area contributed by atoms with Crippen LogP contribution >= 0.6 is 0 Å². The van der Waals surface area contributed by atoms with E-state index in [1.807, 2.05) is 12.1 Å². The highest BCUT2D eigenvalue weighted by molar-refractivity contribution is 5.19. The molecular formula is C17H24N2O. The molecule has 1 heterocycles. The standard InChI is InChI=1S/C17H24N2O/c1-3-19(4-2)17(15-9-6-5-7-10-15)14-18-13-16-11-8-12-20-16/h5-12,17-18H,3-4,13-14H2,1-2H3. The van der Waals surface area contributed by atoms with Gasteiger partial charge in [0.05, 0.1) is 12.8 Å². The van der Waals surface area contributed by atoms with Gasteiger partial charge in [-0.05, 0) is 30.8 Å². The van der Waals surface area contributed by atoms with E-state index in [1.54, 1.807) is 6.26 Å². The maximum absolute atomic E-state index is 5.36. The van der Waals surface area contributed by atoms with E-state index in [0.29, 0.717) is 6.04 Å². The second-order valence-electron chi connectivity index (χ2n) is 4.86. The van der Waals surface area contributed by atoms with Crippen LogP contribution in [0.4, 0.5) is 0 Å². The fourth-order valence-corrected chi connectivity index (χ4v) is 2.54. The van der Waals surface area contributed by atoms with Gasteiger partial charge in [0.15, 0.2) is 0 Å². The predicted molar refractivity (Wildman–Crippen MR) is 82.5 cm³/mol. The van der Waals surface area contributed by atoms with Crippen molar-refractivity contribution in [1.29, 1.82) is 0 Å². The van der Waals surface area contributed by atoms with Gasteiger partial charge in [0.25, 0.3) is 0 Å². The molecular weight excluding hydrogens is 248 g/mol. The Kier molecular flexibility index (Phi) is 5.84. The summed E-state index contributed by atoms with van der Waals surface area (Å²) in [5.41, 5.74) is 1.36. The quantitative estimate of drug-likeness (QED) is 0.798. The average Bonchev–Trinajstić information content (AvgIpc) is 3.01. The van der Waals surface area contributed by atoms with Gasteiger partial charge in [-0.3, -0.25) is 4.90 Å². The van der Waals surface area contributed by atoms with Gasteiger partial charge in [0, 0.05) is 12.6 Å². The van der Waals surface area contributed by atoms with Gasteiger partial charge < -0.3 is 9.73 Å². The molecule has 0 aliphatic carbocycles. The molecule has 1 aromatic carbocycles. The van der Waals surface area contributed by atoms with Crippen LogP contribution < -0.4 is 5.32 Å². The van der Waals surface area contributed by atoms with Crippen molar-refractivity contribution < 1.29 is 4.42 Å². The van der Waals surface area contributed by atoms with Gasteiger partial charge in [0.1, 0.15) is 5.76 Å². The van der Waals surface area contributed by atoms with Crippen LogP contribution in [0.5, 0.6) is 0 Å². The van der Waals surface area contributed by atoms with Crippen LogP contribution in [0, 0.1) is 0 Å². The number of benzene rings is 1. The molecule has 1 atom stereocenters. The highest BCUT2D eigenvalue weighted by Gasteiger charge is 2.17. The van der Waals surface area contributed by atoms with Gasteiger partial charge >= 0.3 is 0 Å². The normalized spacial score (nSPS) is 12.8. The number of furan rings is 1. The Bertz CT molecular complexity index is 463. The Morgan fingerprint density at radius 3 is 2.40 bits per heavy atom. The van der Waals surface area contributed by atoms with E-state index in [1.165, 1.54) is 5.56 Å². The minimum absolute atomic E-state index is 0.404. The van der Waals surface area contributed by atoms with Crippen molar-refractivity contribution in [3.8, 4) is 0 Å². The Morgan fingerprint density at radius 2 is 1.80 bits per heavy atom. The summed E-state index contributed by atoms with van der Waals surface area (Å²) in [5.74, 6) is 0.983. The van der Waals surface area contributed by atoms with Gasteiger partial charge in [-0.25, -0.2) is 0 Å². The predicted octanol–water partition coefficient (Wildman–Crippen LogP) is 3.45. The van der Waals surface area contributed by atoms with E-state index in [2.05, 4.69) is 54.4 Å². The lowest BCUT2D eigenvalue weighted by atomic mass is 10.1. The van der Waals surface area contributed by atoms with Crippen LogP contribution in [0.1, 0.15) is 31.2 Å². The van der Waals surface area contributed by atoms with Crippen molar-refractivity contribution in [1.82, 2.24) is 10.2 Å². The largest absolute Gasteiger partial charge is 0.468 e.